The first-order valence-corrected chi connectivity index (χ1v) is 9.33. The first-order chi connectivity index (χ1) is 11.8. The van der Waals surface area contributed by atoms with E-state index in [-0.39, 0.29) is 24.8 Å². The lowest BCUT2D eigenvalue weighted by molar-refractivity contribution is -0.122. The van der Waals surface area contributed by atoms with Crippen LogP contribution >= 0.6 is 0 Å². The van der Waals surface area contributed by atoms with Crippen LogP contribution in [0.25, 0.3) is 0 Å². The smallest absolute Gasteiger partial charge is 0.180 e. The van der Waals surface area contributed by atoms with Gasteiger partial charge in [-0.15, -0.1) is 0 Å². The molecule has 0 aromatic carbocycles. The first kappa shape index (κ1) is 20.8. The normalized spacial score (nSPS) is 24.5. The Balaban J connectivity index is 2.27. The third-order valence-corrected chi connectivity index (χ3v) is 3.96. The van der Waals surface area contributed by atoms with Gasteiger partial charge in [0.05, 0.1) is 13.2 Å². The molecule has 0 radical (unpaired) electrons. The molecule has 0 amide bonds. The zero-order valence-corrected chi connectivity index (χ0v) is 14.8. The summed E-state index contributed by atoms with van der Waals surface area (Å²) in [6.45, 7) is 0.814. The maximum Gasteiger partial charge on any atom is 0.180 e. The summed E-state index contributed by atoms with van der Waals surface area (Å²) in [5.74, 6) is -0.0349. The molecule has 136 valence electrons. The van der Waals surface area contributed by atoms with Crippen LogP contribution in [0.4, 0.5) is 0 Å². The molecule has 0 N–H and O–H groups in total. The Morgan fingerprint density at radius 3 is 1.38 bits per heavy atom. The van der Waals surface area contributed by atoms with Crippen LogP contribution in [-0.4, -0.2) is 38.0 Å². The van der Waals surface area contributed by atoms with Crippen molar-refractivity contribution in [3.05, 3.63) is 24.3 Å². The summed E-state index contributed by atoms with van der Waals surface area (Å²) in [6, 6.07) is 0. The van der Waals surface area contributed by atoms with E-state index in [1.54, 1.807) is 12.2 Å². The van der Waals surface area contributed by atoms with E-state index in [4.69, 9.17) is 9.47 Å². The van der Waals surface area contributed by atoms with E-state index in [9.17, 15) is 9.59 Å². The SMILES string of the molecule is O=C1/C=C/CCCCCCCCCC/C=C/C(=O)COCCOC1. The fourth-order valence-electron chi connectivity index (χ4n) is 2.57. The van der Waals surface area contributed by atoms with Crippen LogP contribution in [0.2, 0.25) is 0 Å². The van der Waals surface area contributed by atoms with E-state index >= 15 is 0 Å². The van der Waals surface area contributed by atoms with Crippen LogP contribution in [-0.2, 0) is 19.1 Å². The minimum atomic E-state index is -0.0175. The molecular formula is C20H32O4. The quantitative estimate of drug-likeness (QED) is 0.666. The minimum absolute atomic E-state index is 0.0175. The van der Waals surface area contributed by atoms with E-state index < -0.39 is 0 Å². The van der Waals surface area contributed by atoms with Gasteiger partial charge in [0.25, 0.3) is 0 Å². The van der Waals surface area contributed by atoms with Crippen molar-refractivity contribution in [3.8, 4) is 0 Å². The van der Waals surface area contributed by atoms with Crippen LogP contribution < -0.4 is 0 Å². The molecule has 0 spiro atoms. The van der Waals surface area contributed by atoms with Gasteiger partial charge >= 0.3 is 0 Å². The lowest BCUT2D eigenvalue weighted by Gasteiger charge is -2.03. The molecule has 4 heteroatoms. The molecule has 1 aliphatic rings. The molecule has 0 bridgehead atoms. The highest BCUT2D eigenvalue weighted by Crippen LogP contribution is 2.11. The Hall–Kier alpha value is -1.26. The topological polar surface area (TPSA) is 52.6 Å². The number of carbonyl (C=O) groups excluding carboxylic acids is 2. The maximum atomic E-state index is 11.6. The predicted molar refractivity (Wildman–Crippen MR) is 96.1 cm³/mol. The van der Waals surface area contributed by atoms with Gasteiger partial charge < -0.3 is 9.47 Å². The fourth-order valence-corrected chi connectivity index (χ4v) is 2.57. The number of allylic oxidation sites excluding steroid dienone is 2. The molecule has 0 aliphatic carbocycles. The van der Waals surface area contributed by atoms with E-state index in [1.165, 1.54) is 38.5 Å². The van der Waals surface area contributed by atoms with Gasteiger partial charge in [-0.2, -0.15) is 0 Å². The van der Waals surface area contributed by atoms with Crippen LogP contribution in [0.1, 0.15) is 64.2 Å². The van der Waals surface area contributed by atoms with Crippen molar-refractivity contribution < 1.29 is 19.1 Å². The number of hydrogen-bond acceptors (Lipinski definition) is 4. The molecule has 0 aromatic rings. The third kappa shape index (κ3) is 13.2. The standard InChI is InChI=1S/C20H32O4/c21-19-13-11-9-7-5-3-1-2-4-6-8-10-12-14-20(22)18-24-16-15-23-17-19/h11-14H,1-10,15-18H2/b13-11+,14-12+. The lowest BCUT2D eigenvalue weighted by atomic mass is 10.1. The Morgan fingerprint density at radius 1 is 0.583 bits per heavy atom. The fraction of sp³-hybridized carbons (Fsp3) is 0.700. The zero-order chi connectivity index (χ0) is 17.3. The number of ether oxygens (including phenoxy) is 2. The molecule has 24 heavy (non-hydrogen) atoms. The van der Waals surface area contributed by atoms with Crippen molar-refractivity contribution in [2.75, 3.05) is 26.4 Å². The summed E-state index contributed by atoms with van der Waals surface area (Å²) in [5, 5.41) is 0. The Labute approximate surface area is 146 Å². The minimum Gasteiger partial charge on any atom is -0.371 e. The van der Waals surface area contributed by atoms with Gasteiger partial charge in [0.15, 0.2) is 11.6 Å². The Morgan fingerprint density at radius 2 is 0.958 bits per heavy atom. The third-order valence-electron chi connectivity index (χ3n) is 3.96. The second-order valence-electron chi connectivity index (χ2n) is 6.25. The molecule has 0 atom stereocenters. The molecule has 0 fully saturated rings. The second kappa shape index (κ2) is 15.3. The molecular weight excluding hydrogens is 304 g/mol. The summed E-state index contributed by atoms with van der Waals surface area (Å²) in [7, 11) is 0. The van der Waals surface area contributed by atoms with Crippen molar-refractivity contribution in [3.63, 3.8) is 0 Å². The summed E-state index contributed by atoms with van der Waals surface area (Å²) in [5.41, 5.74) is 0. The van der Waals surface area contributed by atoms with Crippen LogP contribution in [0.3, 0.4) is 0 Å². The van der Waals surface area contributed by atoms with Crippen LogP contribution in [0.15, 0.2) is 24.3 Å². The number of ketones is 2. The summed E-state index contributed by atoms with van der Waals surface area (Å²) >= 11 is 0. The molecule has 1 heterocycles. The van der Waals surface area contributed by atoms with Crippen molar-refractivity contribution in [1.29, 1.82) is 0 Å². The monoisotopic (exact) mass is 336 g/mol. The highest BCUT2D eigenvalue weighted by Gasteiger charge is 1.99. The van der Waals surface area contributed by atoms with Crippen molar-refractivity contribution in [2.45, 2.75) is 64.2 Å². The summed E-state index contributed by atoms with van der Waals surface area (Å²) in [6.07, 6.45) is 18.9. The van der Waals surface area contributed by atoms with Gasteiger partial charge in [0.2, 0.25) is 0 Å². The van der Waals surface area contributed by atoms with E-state index in [1.807, 2.05) is 12.2 Å². The first-order valence-electron chi connectivity index (χ1n) is 9.33. The van der Waals surface area contributed by atoms with Gasteiger partial charge in [-0.05, 0) is 37.8 Å². The molecule has 0 unspecified atom stereocenters. The molecule has 4 nitrogen and oxygen atoms in total. The average molecular weight is 336 g/mol. The Kier molecular flexibility index (Phi) is 13.2. The van der Waals surface area contributed by atoms with Gasteiger partial charge in [0, 0.05) is 0 Å². The van der Waals surface area contributed by atoms with E-state index in [0.29, 0.717) is 13.2 Å². The van der Waals surface area contributed by atoms with Crippen molar-refractivity contribution in [2.24, 2.45) is 0 Å². The Bertz CT molecular complexity index is 360. The van der Waals surface area contributed by atoms with E-state index in [2.05, 4.69) is 0 Å². The highest BCUT2D eigenvalue weighted by molar-refractivity contribution is 5.91. The summed E-state index contributed by atoms with van der Waals surface area (Å²) in [4.78, 5) is 23.1. The van der Waals surface area contributed by atoms with Crippen LogP contribution in [0, 0.1) is 0 Å². The highest BCUT2D eigenvalue weighted by atomic mass is 16.5. The predicted octanol–water partition coefficient (Wildman–Crippen LogP) is 4.18. The number of rotatable bonds is 0. The van der Waals surface area contributed by atoms with Crippen molar-refractivity contribution in [1.82, 2.24) is 0 Å². The van der Waals surface area contributed by atoms with Gasteiger partial charge in [-0.1, -0.05) is 50.7 Å². The number of hydrogen-bond donors (Lipinski definition) is 0. The lowest BCUT2D eigenvalue weighted by Crippen LogP contribution is -2.13. The summed E-state index contributed by atoms with van der Waals surface area (Å²) < 4.78 is 10.5. The largest absolute Gasteiger partial charge is 0.371 e. The number of carbonyl (C=O) groups is 2. The van der Waals surface area contributed by atoms with Gasteiger partial charge in [0.1, 0.15) is 13.2 Å². The molecule has 0 saturated heterocycles. The van der Waals surface area contributed by atoms with E-state index in [0.717, 1.165) is 25.7 Å². The average Bonchev–Trinajstić information content (AvgIpc) is 2.57. The van der Waals surface area contributed by atoms with Gasteiger partial charge in [-0.3, -0.25) is 9.59 Å². The molecule has 0 aromatic heterocycles. The molecule has 1 rings (SSSR count). The second-order valence-corrected chi connectivity index (χ2v) is 6.25. The molecule has 1 aliphatic heterocycles. The zero-order valence-electron chi connectivity index (χ0n) is 14.8. The maximum absolute atomic E-state index is 11.6. The van der Waals surface area contributed by atoms with Gasteiger partial charge in [-0.25, -0.2) is 0 Å². The van der Waals surface area contributed by atoms with Crippen molar-refractivity contribution >= 4 is 11.6 Å². The van der Waals surface area contributed by atoms with Crippen LogP contribution in [0.5, 0.6) is 0 Å². The molecule has 0 saturated carbocycles.